The Bertz CT molecular complexity index is 1280. The van der Waals surface area contributed by atoms with E-state index in [0.717, 1.165) is 22.5 Å². The van der Waals surface area contributed by atoms with E-state index >= 15 is 0 Å². The van der Waals surface area contributed by atoms with Gasteiger partial charge in [0.25, 0.3) is 5.91 Å². The van der Waals surface area contributed by atoms with Crippen LogP contribution >= 0.6 is 34.8 Å². The summed E-state index contributed by atoms with van der Waals surface area (Å²) in [5.74, 6) is 0.224. The molecule has 164 valence electrons. The molecule has 2 aromatic heterocycles. The van der Waals surface area contributed by atoms with Crippen LogP contribution in [0.3, 0.4) is 0 Å². The van der Waals surface area contributed by atoms with Gasteiger partial charge in [0.2, 0.25) is 0 Å². The lowest BCUT2D eigenvalue weighted by molar-refractivity contribution is 0.102. The minimum absolute atomic E-state index is 0.236. The van der Waals surface area contributed by atoms with Gasteiger partial charge in [-0.3, -0.25) is 14.2 Å². The molecule has 1 amide bonds. The Kier molecular flexibility index (Phi) is 6.55. The number of carbonyl (C=O) groups excluding carboxylic acids is 1. The highest BCUT2D eigenvalue weighted by Crippen LogP contribution is 2.22. The molecule has 0 saturated heterocycles. The number of nitrogens with one attached hydrogen (secondary N) is 1. The van der Waals surface area contributed by atoms with Gasteiger partial charge in [-0.05, 0) is 49.2 Å². The molecule has 9 heteroatoms. The zero-order valence-electron chi connectivity index (χ0n) is 17.4. The molecule has 4 aromatic rings. The van der Waals surface area contributed by atoms with Crippen molar-refractivity contribution in [2.75, 3.05) is 5.32 Å². The number of carbonyl (C=O) groups is 1. The molecule has 2 aromatic carbocycles. The summed E-state index contributed by atoms with van der Waals surface area (Å²) in [4.78, 5) is 12.6. The van der Waals surface area contributed by atoms with Crippen LogP contribution in [0, 0.1) is 13.8 Å². The number of hydrogen-bond acceptors (Lipinski definition) is 3. The lowest BCUT2D eigenvalue weighted by Crippen LogP contribution is -2.13. The van der Waals surface area contributed by atoms with Gasteiger partial charge in [0.05, 0.1) is 29.5 Å². The lowest BCUT2D eigenvalue weighted by Gasteiger charge is -2.07. The summed E-state index contributed by atoms with van der Waals surface area (Å²) in [6, 6.07) is 14.4. The summed E-state index contributed by atoms with van der Waals surface area (Å²) < 4.78 is 3.56. The largest absolute Gasteiger partial charge is 0.305 e. The third-order valence-electron chi connectivity index (χ3n) is 5.07. The standard InChI is InChI=1S/C23H20Cl3N5O/c1-14-22(26)15(2)31(28-14)12-16-3-5-17(6-4-16)23(32)27-21-9-10-30(29-21)13-18-7-8-19(24)11-20(18)25/h3-11H,12-13H2,1-2H3,(H,27,29,32). The molecule has 1 N–H and O–H groups in total. The van der Waals surface area contributed by atoms with Crippen LogP contribution in [0.15, 0.2) is 54.7 Å². The van der Waals surface area contributed by atoms with Gasteiger partial charge in [-0.2, -0.15) is 10.2 Å². The molecular formula is C23H20Cl3N5O. The van der Waals surface area contributed by atoms with Crippen molar-refractivity contribution >= 4 is 46.5 Å². The van der Waals surface area contributed by atoms with Gasteiger partial charge in [0.1, 0.15) is 0 Å². The van der Waals surface area contributed by atoms with Crippen molar-refractivity contribution in [1.82, 2.24) is 19.6 Å². The van der Waals surface area contributed by atoms with E-state index in [1.54, 1.807) is 41.2 Å². The van der Waals surface area contributed by atoms with E-state index in [1.807, 2.05) is 36.7 Å². The highest BCUT2D eigenvalue weighted by Gasteiger charge is 2.12. The molecule has 0 aliphatic carbocycles. The summed E-state index contributed by atoms with van der Waals surface area (Å²) in [6.07, 6.45) is 1.78. The zero-order chi connectivity index (χ0) is 22.8. The maximum absolute atomic E-state index is 12.6. The molecule has 6 nitrogen and oxygen atoms in total. The first-order chi connectivity index (χ1) is 15.3. The van der Waals surface area contributed by atoms with Gasteiger partial charge in [0, 0.05) is 27.9 Å². The van der Waals surface area contributed by atoms with Crippen LogP contribution in [0.25, 0.3) is 0 Å². The molecule has 0 bridgehead atoms. The second-order valence-electron chi connectivity index (χ2n) is 7.43. The van der Waals surface area contributed by atoms with Gasteiger partial charge < -0.3 is 5.32 Å². The SMILES string of the molecule is Cc1nn(Cc2ccc(C(=O)Nc3ccn(Cc4ccc(Cl)cc4Cl)n3)cc2)c(C)c1Cl. The highest BCUT2D eigenvalue weighted by molar-refractivity contribution is 6.35. The van der Waals surface area contributed by atoms with Crippen LogP contribution in [-0.2, 0) is 13.1 Å². The zero-order valence-corrected chi connectivity index (χ0v) is 19.7. The number of aryl methyl sites for hydroxylation is 1. The third kappa shape index (κ3) is 4.99. The van der Waals surface area contributed by atoms with E-state index < -0.39 is 0 Å². The molecule has 0 aliphatic rings. The molecule has 0 atom stereocenters. The van der Waals surface area contributed by atoms with E-state index in [1.165, 1.54) is 0 Å². The van der Waals surface area contributed by atoms with E-state index in [-0.39, 0.29) is 5.91 Å². The molecule has 0 fully saturated rings. The van der Waals surface area contributed by atoms with Crippen LogP contribution in [-0.4, -0.2) is 25.5 Å². The summed E-state index contributed by atoms with van der Waals surface area (Å²) in [5, 5.41) is 13.5. The Labute approximate surface area is 200 Å². The number of aromatic nitrogens is 4. The normalized spacial score (nSPS) is 11.0. The summed E-state index contributed by atoms with van der Waals surface area (Å²) >= 11 is 18.4. The van der Waals surface area contributed by atoms with Gasteiger partial charge >= 0.3 is 0 Å². The monoisotopic (exact) mass is 487 g/mol. The summed E-state index contributed by atoms with van der Waals surface area (Å²) in [7, 11) is 0. The van der Waals surface area contributed by atoms with Crippen molar-refractivity contribution in [1.29, 1.82) is 0 Å². The van der Waals surface area contributed by atoms with Gasteiger partial charge in [0.15, 0.2) is 5.82 Å². The topological polar surface area (TPSA) is 64.7 Å². The Morgan fingerprint density at radius 3 is 2.38 bits per heavy atom. The third-order valence-corrected chi connectivity index (χ3v) is 6.21. The van der Waals surface area contributed by atoms with E-state index in [4.69, 9.17) is 34.8 Å². The number of amides is 1. The van der Waals surface area contributed by atoms with Crippen LogP contribution in [0.4, 0.5) is 5.82 Å². The van der Waals surface area contributed by atoms with E-state index in [0.29, 0.717) is 39.5 Å². The van der Waals surface area contributed by atoms with Gasteiger partial charge in [-0.1, -0.05) is 53.0 Å². The first-order valence-corrected chi connectivity index (χ1v) is 11.0. The average Bonchev–Trinajstić information content (AvgIpc) is 3.30. The van der Waals surface area contributed by atoms with E-state index in [2.05, 4.69) is 15.5 Å². The fraction of sp³-hybridized carbons (Fsp3) is 0.174. The predicted octanol–water partition coefficient (Wildman–Crippen LogP) is 6.01. The fourth-order valence-electron chi connectivity index (χ4n) is 3.29. The van der Waals surface area contributed by atoms with Crippen molar-refractivity contribution in [3.63, 3.8) is 0 Å². The Balaban J connectivity index is 1.39. The molecule has 32 heavy (non-hydrogen) atoms. The Hall–Kier alpha value is -2.80. The van der Waals surface area contributed by atoms with E-state index in [9.17, 15) is 4.79 Å². The molecule has 0 spiro atoms. The minimum atomic E-state index is -0.236. The van der Waals surface area contributed by atoms with Gasteiger partial charge in [-0.25, -0.2) is 0 Å². The summed E-state index contributed by atoms with van der Waals surface area (Å²) in [5.41, 5.74) is 4.17. The van der Waals surface area contributed by atoms with Crippen LogP contribution in [0.2, 0.25) is 15.1 Å². The number of benzene rings is 2. The second-order valence-corrected chi connectivity index (χ2v) is 8.65. The maximum atomic E-state index is 12.6. The quantitative estimate of drug-likeness (QED) is 0.362. The van der Waals surface area contributed by atoms with Crippen molar-refractivity contribution in [2.24, 2.45) is 0 Å². The highest BCUT2D eigenvalue weighted by atomic mass is 35.5. The molecule has 2 heterocycles. The Morgan fingerprint density at radius 2 is 1.72 bits per heavy atom. The second kappa shape index (κ2) is 9.36. The van der Waals surface area contributed by atoms with Crippen molar-refractivity contribution in [3.05, 3.63) is 97.9 Å². The fourth-order valence-corrected chi connectivity index (χ4v) is 3.90. The minimum Gasteiger partial charge on any atom is -0.305 e. The number of hydrogen-bond donors (Lipinski definition) is 1. The number of halogens is 3. The summed E-state index contributed by atoms with van der Waals surface area (Å²) in [6.45, 7) is 4.87. The first-order valence-electron chi connectivity index (χ1n) is 9.87. The van der Waals surface area contributed by atoms with Gasteiger partial charge in [-0.15, -0.1) is 0 Å². The molecule has 0 unspecified atom stereocenters. The number of nitrogens with zero attached hydrogens (tertiary/aromatic N) is 4. The molecule has 4 rings (SSSR count). The molecule has 0 aliphatic heterocycles. The predicted molar refractivity (Wildman–Crippen MR) is 128 cm³/mol. The first kappa shape index (κ1) is 22.4. The Morgan fingerprint density at radius 1 is 0.969 bits per heavy atom. The average molecular weight is 489 g/mol. The van der Waals surface area contributed by atoms with Crippen LogP contribution < -0.4 is 5.32 Å². The molecule has 0 radical (unpaired) electrons. The smallest absolute Gasteiger partial charge is 0.256 e. The lowest BCUT2D eigenvalue weighted by atomic mass is 10.1. The van der Waals surface area contributed by atoms with Crippen LogP contribution in [0.5, 0.6) is 0 Å². The van der Waals surface area contributed by atoms with Crippen molar-refractivity contribution in [3.8, 4) is 0 Å². The van der Waals surface area contributed by atoms with Crippen molar-refractivity contribution < 1.29 is 4.79 Å². The maximum Gasteiger partial charge on any atom is 0.256 e. The van der Waals surface area contributed by atoms with Crippen LogP contribution in [0.1, 0.15) is 32.9 Å². The molecule has 0 saturated carbocycles. The molecular weight excluding hydrogens is 469 g/mol. The number of anilines is 1. The number of rotatable bonds is 6. The van der Waals surface area contributed by atoms with Crippen molar-refractivity contribution in [2.45, 2.75) is 26.9 Å².